The lowest BCUT2D eigenvalue weighted by atomic mass is 10.3. The number of alkyl halides is 3. The van der Waals surface area contributed by atoms with Crippen molar-refractivity contribution in [2.75, 3.05) is 6.61 Å². The fourth-order valence-electron chi connectivity index (χ4n) is 0.652. The summed E-state index contributed by atoms with van der Waals surface area (Å²) in [6.45, 7) is 2.21. The Hall–Kier alpha value is -1.26. The number of pyridine rings is 1. The minimum absolute atomic E-state index is 0.0512. The zero-order valence-electron chi connectivity index (χ0n) is 6.64. The molecule has 1 radical (unpaired) electrons. The smallest absolute Gasteiger partial charge is 0.422 e. The van der Waals surface area contributed by atoms with E-state index in [0.29, 0.717) is 5.56 Å². The highest BCUT2D eigenvalue weighted by atomic mass is 19.4. The van der Waals surface area contributed by atoms with Crippen LogP contribution in [0, 0.1) is 6.92 Å². The van der Waals surface area contributed by atoms with Crippen molar-refractivity contribution in [2.45, 2.75) is 6.18 Å². The normalized spacial score (nSPS) is 11.4. The maximum Gasteiger partial charge on any atom is 0.422 e. The number of halogens is 3. The van der Waals surface area contributed by atoms with Gasteiger partial charge in [-0.25, -0.2) is 4.98 Å². The first-order chi connectivity index (χ1) is 5.97. The van der Waals surface area contributed by atoms with E-state index in [1.54, 1.807) is 0 Å². The van der Waals surface area contributed by atoms with Gasteiger partial charge in [0.05, 0.1) is 0 Å². The second kappa shape index (κ2) is 3.64. The van der Waals surface area contributed by atoms with Crippen molar-refractivity contribution in [3.05, 3.63) is 30.8 Å². The SMILES string of the molecule is [CH2]c1ccc(OCC(F)(F)F)nc1. The van der Waals surface area contributed by atoms with Crippen molar-refractivity contribution < 1.29 is 17.9 Å². The minimum Gasteiger partial charge on any atom is -0.468 e. The molecule has 0 bridgehead atoms. The second-order valence-corrected chi connectivity index (χ2v) is 2.41. The van der Waals surface area contributed by atoms with Crippen molar-refractivity contribution in [1.82, 2.24) is 4.98 Å². The minimum atomic E-state index is -4.33. The Morgan fingerprint density at radius 2 is 2.08 bits per heavy atom. The Morgan fingerprint density at radius 1 is 1.38 bits per heavy atom. The van der Waals surface area contributed by atoms with Gasteiger partial charge in [0, 0.05) is 12.3 Å². The van der Waals surface area contributed by atoms with Crippen LogP contribution in [0.15, 0.2) is 18.3 Å². The van der Waals surface area contributed by atoms with Crippen LogP contribution in [-0.4, -0.2) is 17.8 Å². The van der Waals surface area contributed by atoms with Gasteiger partial charge in [-0.2, -0.15) is 13.2 Å². The van der Waals surface area contributed by atoms with Crippen LogP contribution in [0.2, 0.25) is 0 Å². The number of nitrogens with zero attached hydrogens (tertiary/aromatic N) is 1. The summed E-state index contributed by atoms with van der Waals surface area (Å²) >= 11 is 0. The number of hydrogen-bond donors (Lipinski definition) is 0. The van der Waals surface area contributed by atoms with Gasteiger partial charge in [-0.3, -0.25) is 0 Å². The second-order valence-electron chi connectivity index (χ2n) is 2.41. The van der Waals surface area contributed by atoms with E-state index in [4.69, 9.17) is 0 Å². The van der Waals surface area contributed by atoms with Gasteiger partial charge in [0.1, 0.15) is 0 Å². The van der Waals surface area contributed by atoms with E-state index in [0.717, 1.165) is 0 Å². The summed E-state index contributed by atoms with van der Waals surface area (Å²) in [4.78, 5) is 3.60. The van der Waals surface area contributed by atoms with Crippen LogP contribution in [0.1, 0.15) is 5.56 Å². The van der Waals surface area contributed by atoms with E-state index in [1.165, 1.54) is 18.3 Å². The van der Waals surface area contributed by atoms with Gasteiger partial charge in [0.2, 0.25) is 5.88 Å². The van der Waals surface area contributed by atoms with E-state index < -0.39 is 12.8 Å². The topological polar surface area (TPSA) is 22.1 Å². The van der Waals surface area contributed by atoms with E-state index in [9.17, 15) is 13.2 Å². The Kier molecular flexibility index (Phi) is 2.75. The summed E-state index contributed by atoms with van der Waals surface area (Å²) in [5.74, 6) is -0.0512. The first-order valence-corrected chi connectivity index (χ1v) is 3.45. The lowest BCUT2D eigenvalue weighted by Crippen LogP contribution is -2.19. The molecule has 1 rings (SSSR count). The molecule has 13 heavy (non-hydrogen) atoms. The van der Waals surface area contributed by atoms with Crippen molar-refractivity contribution in [1.29, 1.82) is 0 Å². The van der Waals surface area contributed by atoms with Crippen LogP contribution in [0.4, 0.5) is 13.2 Å². The van der Waals surface area contributed by atoms with Gasteiger partial charge in [-0.15, -0.1) is 0 Å². The molecule has 0 amide bonds. The molecule has 1 heterocycles. The molecular weight excluding hydrogens is 183 g/mol. The summed E-state index contributed by atoms with van der Waals surface area (Å²) in [7, 11) is 0. The highest BCUT2D eigenvalue weighted by Crippen LogP contribution is 2.16. The Labute approximate surface area is 73.4 Å². The lowest BCUT2D eigenvalue weighted by Gasteiger charge is -2.07. The third-order valence-electron chi connectivity index (χ3n) is 1.18. The predicted octanol–water partition coefficient (Wildman–Crippen LogP) is 2.20. The molecule has 0 spiro atoms. The monoisotopic (exact) mass is 190 g/mol. The summed E-state index contributed by atoms with van der Waals surface area (Å²) in [5, 5.41) is 0. The van der Waals surface area contributed by atoms with Crippen molar-refractivity contribution in [2.24, 2.45) is 0 Å². The summed E-state index contributed by atoms with van der Waals surface area (Å²) in [6.07, 6.45) is -2.99. The molecule has 0 saturated carbocycles. The Bertz CT molecular complexity index is 268. The van der Waals surface area contributed by atoms with Crippen LogP contribution in [0.3, 0.4) is 0 Å². The van der Waals surface area contributed by atoms with Crippen molar-refractivity contribution in [3.63, 3.8) is 0 Å². The maximum absolute atomic E-state index is 11.7. The molecule has 0 fully saturated rings. The molecule has 1 aromatic heterocycles. The molecule has 71 valence electrons. The lowest BCUT2D eigenvalue weighted by molar-refractivity contribution is -0.154. The largest absolute Gasteiger partial charge is 0.468 e. The number of rotatable bonds is 2. The van der Waals surface area contributed by atoms with E-state index in [2.05, 4.69) is 16.6 Å². The van der Waals surface area contributed by atoms with Gasteiger partial charge < -0.3 is 4.74 Å². The van der Waals surface area contributed by atoms with E-state index in [-0.39, 0.29) is 5.88 Å². The van der Waals surface area contributed by atoms with Gasteiger partial charge in [-0.1, -0.05) is 6.07 Å². The first kappa shape index (κ1) is 9.83. The number of aromatic nitrogens is 1. The molecule has 0 aliphatic rings. The molecule has 0 aromatic carbocycles. The molecule has 0 aliphatic heterocycles. The van der Waals surface area contributed by atoms with Crippen LogP contribution in [-0.2, 0) is 0 Å². The van der Waals surface area contributed by atoms with Crippen LogP contribution >= 0.6 is 0 Å². The third-order valence-corrected chi connectivity index (χ3v) is 1.18. The van der Waals surface area contributed by atoms with Gasteiger partial charge in [0.25, 0.3) is 0 Å². The van der Waals surface area contributed by atoms with E-state index in [1.807, 2.05) is 0 Å². The molecule has 0 unspecified atom stereocenters. The zero-order valence-corrected chi connectivity index (χ0v) is 6.64. The zero-order chi connectivity index (χ0) is 9.90. The van der Waals surface area contributed by atoms with Gasteiger partial charge >= 0.3 is 6.18 Å². The highest BCUT2D eigenvalue weighted by molar-refractivity contribution is 5.19. The average molecular weight is 190 g/mol. The maximum atomic E-state index is 11.7. The molecule has 0 saturated heterocycles. The molecule has 2 nitrogen and oxygen atoms in total. The highest BCUT2D eigenvalue weighted by Gasteiger charge is 2.28. The standard InChI is InChI=1S/C8H7F3NO/c1-6-2-3-7(12-4-6)13-5-8(9,10)11/h2-4H,1,5H2. The average Bonchev–Trinajstić information content (AvgIpc) is 2.02. The molecule has 5 heteroatoms. The quantitative estimate of drug-likeness (QED) is 0.713. The van der Waals surface area contributed by atoms with Crippen LogP contribution in [0.5, 0.6) is 5.88 Å². The molecular formula is C8H7F3NO. The van der Waals surface area contributed by atoms with Crippen LogP contribution < -0.4 is 4.74 Å². The Morgan fingerprint density at radius 3 is 2.54 bits per heavy atom. The first-order valence-electron chi connectivity index (χ1n) is 3.45. The number of hydrogen-bond acceptors (Lipinski definition) is 2. The molecule has 1 aromatic rings. The molecule has 0 aliphatic carbocycles. The summed E-state index contributed by atoms with van der Waals surface area (Å²) in [6, 6.07) is 2.87. The van der Waals surface area contributed by atoms with E-state index >= 15 is 0 Å². The third kappa shape index (κ3) is 3.78. The van der Waals surface area contributed by atoms with Gasteiger partial charge in [0.15, 0.2) is 6.61 Å². The molecule has 0 atom stereocenters. The van der Waals surface area contributed by atoms with Crippen molar-refractivity contribution in [3.8, 4) is 5.88 Å². The summed E-state index contributed by atoms with van der Waals surface area (Å²) in [5.41, 5.74) is 0.624. The van der Waals surface area contributed by atoms with Gasteiger partial charge in [-0.05, 0) is 12.5 Å². The van der Waals surface area contributed by atoms with Crippen LogP contribution in [0.25, 0.3) is 0 Å². The fourth-order valence-corrected chi connectivity index (χ4v) is 0.652. The summed E-state index contributed by atoms with van der Waals surface area (Å²) < 4.78 is 39.3. The Balaban J connectivity index is 2.51. The van der Waals surface area contributed by atoms with Crippen molar-refractivity contribution >= 4 is 0 Å². The predicted molar refractivity (Wildman–Crippen MR) is 40.2 cm³/mol. The fraction of sp³-hybridized carbons (Fsp3) is 0.250. The molecule has 0 N–H and O–H groups in total. The number of ether oxygens (including phenoxy) is 1.